The molecule has 0 heterocycles. The van der Waals surface area contributed by atoms with E-state index in [0.717, 1.165) is 18.5 Å². The molecule has 2 aliphatic rings. The van der Waals surface area contributed by atoms with Crippen molar-refractivity contribution in [3.63, 3.8) is 0 Å². The van der Waals surface area contributed by atoms with Crippen molar-refractivity contribution >= 4 is 0 Å². The zero-order chi connectivity index (χ0) is 13.3. The monoisotopic (exact) mass is 252 g/mol. The molecule has 2 atom stereocenters. The molecule has 0 saturated heterocycles. The highest BCUT2D eigenvalue weighted by Crippen LogP contribution is 2.42. The van der Waals surface area contributed by atoms with Gasteiger partial charge in [-0.3, -0.25) is 4.90 Å². The second-order valence-corrected chi connectivity index (χ2v) is 7.36. The molecule has 2 nitrogen and oxygen atoms in total. The fourth-order valence-corrected chi connectivity index (χ4v) is 3.68. The summed E-state index contributed by atoms with van der Waals surface area (Å²) in [6.07, 6.45) is 5.66. The second kappa shape index (κ2) is 5.50. The third-order valence-corrected chi connectivity index (χ3v) is 4.99. The van der Waals surface area contributed by atoms with Gasteiger partial charge < -0.3 is 5.32 Å². The lowest BCUT2D eigenvalue weighted by Gasteiger charge is -2.40. The summed E-state index contributed by atoms with van der Waals surface area (Å²) in [4.78, 5) is 2.79. The predicted octanol–water partition coefficient (Wildman–Crippen LogP) is 3.27. The first kappa shape index (κ1) is 14.3. The summed E-state index contributed by atoms with van der Waals surface area (Å²) in [5.74, 6) is 0.999. The second-order valence-electron chi connectivity index (χ2n) is 7.36. The number of nitrogens with zero attached hydrogens (tertiary/aromatic N) is 1. The standard InChI is InChI=1S/C16H32N2/c1-6-17-15-14(9-10-16(15,4)5)18(12(2)3)11-13-7-8-13/h12-15,17H,6-11H2,1-5H3. The molecular formula is C16H32N2. The van der Waals surface area contributed by atoms with Gasteiger partial charge in [-0.15, -0.1) is 0 Å². The van der Waals surface area contributed by atoms with Gasteiger partial charge in [0.1, 0.15) is 0 Å². The SMILES string of the molecule is CCNC1C(N(CC2CC2)C(C)C)CCC1(C)C. The lowest BCUT2D eigenvalue weighted by atomic mass is 9.86. The Hall–Kier alpha value is -0.0800. The molecule has 2 fully saturated rings. The summed E-state index contributed by atoms with van der Waals surface area (Å²) < 4.78 is 0. The first-order valence-corrected chi connectivity index (χ1v) is 7.95. The van der Waals surface area contributed by atoms with Crippen LogP contribution >= 0.6 is 0 Å². The van der Waals surface area contributed by atoms with Gasteiger partial charge in [0.2, 0.25) is 0 Å². The molecule has 0 aliphatic heterocycles. The van der Waals surface area contributed by atoms with E-state index in [9.17, 15) is 0 Å². The maximum absolute atomic E-state index is 3.77. The van der Waals surface area contributed by atoms with Gasteiger partial charge >= 0.3 is 0 Å². The van der Waals surface area contributed by atoms with E-state index in [1.54, 1.807) is 0 Å². The fourth-order valence-electron chi connectivity index (χ4n) is 3.68. The minimum atomic E-state index is 0.456. The minimum absolute atomic E-state index is 0.456. The molecule has 0 aromatic heterocycles. The maximum atomic E-state index is 3.77. The molecule has 2 heteroatoms. The van der Waals surface area contributed by atoms with E-state index >= 15 is 0 Å². The number of nitrogens with one attached hydrogen (secondary N) is 1. The van der Waals surface area contributed by atoms with Gasteiger partial charge in [0.05, 0.1) is 0 Å². The van der Waals surface area contributed by atoms with Crippen LogP contribution in [0.25, 0.3) is 0 Å². The number of hydrogen-bond acceptors (Lipinski definition) is 2. The molecule has 0 amide bonds. The first-order chi connectivity index (χ1) is 8.45. The van der Waals surface area contributed by atoms with Crippen LogP contribution in [0.1, 0.15) is 60.3 Å². The number of hydrogen-bond donors (Lipinski definition) is 1. The minimum Gasteiger partial charge on any atom is -0.312 e. The van der Waals surface area contributed by atoms with Gasteiger partial charge in [-0.05, 0) is 57.4 Å². The third kappa shape index (κ3) is 3.08. The summed E-state index contributed by atoms with van der Waals surface area (Å²) in [5, 5.41) is 3.77. The summed E-state index contributed by atoms with van der Waals surface area (Å²) in [5.41, 5.74) is 0.456. The summed E-state index contributed by atoms with van der Waals surface area (Å²) in [6, 6.07) is 2.11. The fraction of sp³-hybridized carbons (Fsp3) is 1.00. The van der Waals surface area contributed by atoms with Crippen LogP contribution in [-0.2, 0) is 0 Å². The zero-order valence-electron chi connectivity index (χ0n) is 13.0. The van der Waals surface area contributed by atoms with Gasteiger partial charge in [0, 0.05) is 24.7 Å². The molecule has 0 radical (unpaired) electrons. The lowest BCUT2D eigenvalue weighted by Crippen LogP contribution is -2.54. The Kier molecular flexibility index (Phi) is 4.38. The van der Waals surface area contributed by atoms with Crippen LogP contribution in [0.4, 0.5) is 0 Å². The highest BCUT2D eigenvalue weighted by atomic mass is 15.2. The largest absolute Gasteiger partial charge is 0.312 e. The smallest absolute Gasteiger partial charge is 0.0274 e. The van der Waals surface area contributed by atoms with Crippen molar-refractivity contribution in [3.05, 3.63) is 0 Å². The Balaban J connectivity index is 2.07. The number of rotatable bonds is 6. The van der Waals surface area contributed by atoms with Gasteiger partial charge in [-0.1, -0.05) is 20.8 Å². The van der Waals surface area contributed by atoms with Crippen molar-refractivity contribution in [1.82, 2.24) is 10.2 Å². The Morgan fingerprint density at radius 3 is 2.39 bits per heavy atom. The normalized spacial score (nSPS) is 31.5. The number of likely N-dealkylation sites (N-methyl/N-ethyl adjacent to an activating group) is 1. The Bertz CT molecular complexity index is 268. The van der Waals surface area contributed by atoms with Crippen LogP contribution in [0.2, 0.25) is 0 Å². The Labute approximate surface area is 114 Å². The molecule has 0 spiro atoms. The van der Waals surface area contributed by atoms with E-state index < -0.39 is 0 Å². The topological polar surface area (TPSA) is 15.3 Å². The van der Waals surface area contributed by atoms with E-state index in [1.807, 2.05) is 0 Å². The molecular weight excluding hydrogens is 220 g/mol. The summed E-state index contributed by atoms with van der Waals surface area (Å²) >= 11 is 0. The molecule has 2 unspecified atom stereocenters. The Morgan fingerprint density at radius 2 is 1.89 bits per heavy atom. The first-order valence-electron chi connectivity index (χ1n) is 7.95. The lowest BCUT2D eigenvalue weighted by molar-refractivity contribution is 0.108. The molecule has 2 rings (SSSR count). The van der Waals surface area contributed by atoms with E-state index in [4.69, 9.17) is 0 Å². The highest BCUT2D eigenvalue weighted by Gasteiger charge is 2.45. The summed E-state index contributed by atoms with van der Waals surface area (Å²) in [6.45, 7) is 14.3. The van der Waals surface area contributed by atoms with Crippen molar-refractivity contribution in [1.29, 1.82) is 0 Å². The van der Waals surface area contributed by atoms with E-state index in [-0.39, 0.29) is 0 Å². The van der Waals surface area contributed by atoms with Crippen molar-refractivity contribution in [2.75, 3.05) is 13.1 Å². The molecule has 18 heavy (non-hydrogen) atoms. The molecule has 0 aromatic rings. The van der Waals surface area contributed by atoms with Gasteiger partial charge in [0.25, 0.3) is 0 Å². The van der Waals surface area contributed by atoms with Crippen molar-refractivity contribution < 1.29 is 0 Å². The van der Waals surface area contributed by atoms with Crippen molar-refractivity contribution in [3.8, 4) is 0 Å². The van der Waals surface area contributed by atoms with Crippen LogP contribution in [0, 0.1) is 11.3 Å². The van der Waals surface area contributed by atoms with Gasteiger partial charge in [0.15, 0.2) is 0 Å². The van der Waals surface area contributed by atoms with Crippen LogP contribution in [-0.4, -0.2) is 36.1 Å². The molecule has 0 bridgehead atoms. The zero-order valence-corrected chi connectivity index (χ0v) is 13.0. The Morgan fingerprint density at radius 1 is 1.22 bits per heavy atom. The van der Waals surface area contributed by atoms with Crippen molar-refractivity contribution in [2.24, 2.45) is 11.3 Å². The summed E-state index contributed by atoms with van der Waals surface area (Å²) in [7, 11) is 0. The van der Waals surface area contributed by atoms with Crippen LogP contribution < -0.4 is 5.32 Å². The molecule has 2 saturated carbocycles. The van der Waals surface area contributed by atoms with Crippen molar-refractivity contribution in [2.45, 2.75) is 78.4 Å². The van der Waals surface area contributed by atoms with Crippen LogP contribution in [0.3, 0.4) is 0 Å². The van der Waals surface area contributed by atoms with E-state index in [0.29, 0.717) is 17.5 Å². The van der Waals surface area contributed by atoms with Gasteiger partial charge in [-0.2, -0.15) is 0 Å². The average molecular weight is 252 g/mol. The average Bonchev–Trinajstić information content (AvgIpc) is 3.05. The maximum Gasteiger partial charge on any atom is 0.0274 e. The third-order valence-electron chi connectivity index (χ3n) is 4.99. The van der Waals surface area contributed by atoms with Crippen LogP contribution in [0.15, 0.2) is 0 Å². The quantitative estimate of drug-likeness (QED) is 0.780. The highest BCUT2D eigenvalue weighted by molar-refractivity contribution is 5.02. The predicted molar refractivity (Wildman–Crippen MR) is 78.8 cm³/mol. The molecule has 0 aromatic carbocycles. The molecule has 106 valence electrons. The van der Waals surface area contributed by atoms with Gasteiger partial charge in [-0.25, -0.2) is 0 Å². The van der Waals surface area contributed by atoms with Crippen LogP contribution in [0.5, 0.6) is 0 Å². The molecule has 2 aliphatic carbocycles. The van der Waals surface area contributed by atoms with E-state index in [2.05, 4.69) is 44.8 Å². The van der Waals surface area contributed by atoms with E-state index in [1.165, 1.54) is 32.2 Å². The molecule has 1 N–H and O–H groups in total.